The highest BCUT2D eigenvalue weighted by atomic mass is 19.1. The number of rotatable bonds is 0. The summed E-state index contributed by atoms with van der Waals surface area (Å²) in [6.45, 7) is 2.39. The average molecular weight is 195 g/mol. The molecule has 0 N–H and O–H groups in total. The smallest absolute Gasteiger partial charge is 0.224 e. The number of hydrogen-bond acceptors (Lipinski definition) is 2. The number of ether oxygens (including phenoxy) is 1. The fourth-order valence-corrected chi connectivity index (χ4v) is 1.52. The summed E-state index contributed by atoms with van der Waals surface area (Å²) in [7, 11) is 0. The maximum absolute atomic E-state index is 12.9. The zero-order chi connectivity index (χ0) is 10.1. The Morgan fingerprint density at radius 2 is 2.36 bits per heavy atom. The van der Waals surface area contributed by atoms with Gasteiger partial charge < -0.3 is 9.64 Å². The minimum atomic E-state index is -0.361. The molecule has 74 valence electrons. The summed E-state index contributed by atoms with van der Waals surface area (Å²) in [6, 6.07) is 4.18. The van der Waals surface area contributed by atoms with Gasteiger partial charge in [-0.25, -0.2) is 4.39 Å². The number of halogens is 1. The number of nitrogens with zero attached hydrogens (tertiary/aromatic N) is 1. The molecule has 0 aromatic heterocycles. The van der Waals surface area contributed by atoms with E-state index >= 15 is 0 Å². The van der Waals surface area contributed by atoms with E-state index in [0.717, 1.165) is 0 Å². The molecule has 0 atom stereocenters. The van der Waals surface area contributed by atoms with Crippen molar-refractivity contribution in [2.75, 3.05) is 18.1 Å². The molecular formula is C10H10FNO2. The van der Waals surface area contributed by atoms with Gasteiger partial charge in [-0.2, -0.15) is 0 Å². The second-order valence-corrected chi connectivity index (χ2v) is 3.13. The Hall–Kier alpha value is -1.58. The lowest BCUT2D eigenvalue weighted by atomic mass is 10.2. The maximum atomic E-state index is 12.9. The summed E-state index contributed by atoms with van der Waals surface area (Å²) >= 11 is 0. The van der Waals surface area contributed by atoms with Gasteiger partial charge in [0, 0.05) is 13.0 Å². The van der Waals surface area contributed by atoms with Crippen LogP contribution in [0, 0.1) is 5.82 Å². The second kappa shape index (κ2) is 3.29. The highest BCUT2D eigenvalue weighted by Gasteiger charge is 2.21. The minimum absolute atomic E-state index is 0.0971. The van der Waals surface area contributed by atoms with Crippen molar-refractivity contribution in [3.05, 3.63) is 24.0 Å². The molecule has 0 radical (unpaired) electrons. The van der Waals surface area contributed by atoms with E-state index in [1.54, 1.807) is 6.07 Å². The maximum Gasteiger partial charge on any atom is 0.224 e. The molecule has 0 saturated carbocycles. The molecule has 1 aromatic rings. The van der Waals surface area contributed by atoms with Crippen molar-refractivity contribution < 1.29 is 13.9 Å². The molecule has 1 amide bonds. The van der Waals surface area contributed by atoms with Gasteiger partial charge in [0.25, 0.3) is 0 Å². The molecule has 1 aliphatic heterocycles. The first-order chi connectivity index (χ1) is 6.68. The molecule has 1 aromatic carbocycles. The summed E-state index contributed by atoms with van der Waals surface area (Å²) in [5.41, 5.74) is 0.517. The van der Waals surface area contributed by atoms with Crippen LogP contribution in [-0.2, 0) is 4.79 Å². The van der Waals surface area contributed by atoms with E-state index in [1.807, 2.05) is 0 Å². The SMILES string of the molecule is CC(=O)N1CCOc2ccc(F)cc21. The van der Waals surface area contributed by atoms with Crippen LogP contribution >= 0.6 is 0 Å². The summed E-state index contributed by atoms with van der Waals surface area (Å²) < 4.78 is 18.2. The lowest BCUT2D eigenvalue weighted by Gasteiger charge is -2.28. The molecule has 1 aliphatic rings. The fourth-order valence-electron chi connectivity index (χ4n) is 1.52. The van der Waals surface area contributed by atoms with Crippen LogP contribution in [0.4, 0.5) is 10.1 Å². The zero-order valence-electron chi connectivity index (χ0n) is 7.79. The molecule has 2 rings (SSSR count). The second-order valence-electron chi connectivity index (χ2n) is 3.13. The van der Waals surface area contributed by atoms with Gasteiger partial charge in [0.2, 0.25) is 5.91 Å². The molecule has 0 bridgehead atoms. The van der Waals surface area contributed by atoms with Gasteiger partial charge in [-0.1, -0.05) is 0 Å². The van der Waals surface area contributed by atoms with Crippen LogP contribution in [0.2, 0.25) is 0 Å². The van der Waals surface area contributed by atoms with Gasteiger partial charge in [-0.15, -0.1) is 0 Å². The normalized spacial score (nSPS) is 14.6. The zero-order valence-corrected chi connectivity index (χ0v) is 7.79. The molecule has 1 heterocycles. The molecule has 0 unspecified atom stereocenters. The van der Waals surface area contributed by atoms with Crippen LogP contribution in [0.3, 0.4) is 0 Å². The Bertz CT molecular complexity index is 378. The molecule has 0 fully saturated rings. The van der Waals surface area contributed by atoms with Gasteiger partial charge in [0.05, 0.1) is 12.2 Å². The third kappa shape index (κ3) is 1.43. The number of benzene rings is 1. The average Bonchev–Trinajstić information content (AvgIpc) is 2.16. The van der Waals surface area contributed by atoms with E-state index in [0.29, 0.717) is 24.6 Å². The van der Waals surface area contributed by atoms with E-state index in [-0.39, 0.29) is 11.7 Å². The Morgan fingerprint density at radius 3 is 3.07 bits per heavy atom. The molecule has 0 aliphatic carbocycles. The third-order valence-electron chi connectivity index (χ3n) is 2.16. The van der Waals surface area contributed by atoms with Gasteiger partial charge >= 0.3 is 0 Å². The first-order valence-corrected chi connectivity index (χ1v) is 4.39. The van der Waals surface area contributed by atoms with E-state index in [4.69, 9.17) is 4.74 Å². The van der Waals surface area contributed by atoms with Crippen molar-refractivity contribution >= 4 is 11.6 Å². The molecule has 14 heavy (non-hydrogen) atoms. The van der Waals surface area contributed by atoms with E-state index in [2.05, 4.69) is 0 Å². The van der Waals surface area contributed by atoms with Crippen LogP contribution in [0.25, 0.3) is 0 Å². The Labute approximate surface area is 81.1 Å². The van der Waals surface area contributed by atoms with E-state index in [1.165, 1.54) is 24.0 Å². The summed E-state index contributed by atoms with van der Waals surface area (Å²) in [6.07, 6.45) is 0. The predicted octanol–water partition coefficient (Wildman–Crippen LogP) is 1.57. The molecule has 0 saturated heterocycles. The van der Waals surface area contributed by atoms with Crippen molar-refractivity contribution in [1.82, 2.24) is 0 Å². The van der Waals surface area contributed by atoms with Crippen molar-refractivity contribution in [2.24, 2.45) is 0 Å². The van der Waals surface area contributed by atoms with Crippen LogP contribution < -0.4 is 9.64 Å². The number of carbonyl (C=O) groups excluding carboxylic acids is 1. The minimum Gasteiger partial charge on any atom is -0.490 e. The van der Waals surface area contributed by atoms with Crippen LogP contribution in [-0.4, -0.2) is 19.1 Å². The number of hydrogen-bond donors (Lipinski definition) is 0. The van der Waals surface area contributed by atoms with Crippen LogP contribution in [0.5, 0.6) is 5.75 Å². The lowest BCUT2D eigenvalue weighted by Crippen LogP contribution is -2.36. The molecule has 0 spiro atoms. The number of anilines is 1. The van der Waals surface area contributed by atoms with E-state index < -0.39 is 0 Å². The summed E-state index contributed by atoms with van der Waals surface area (Å²) in [5.74, 6) is 0.105. The summed E-state index contributed by atoms with van der Waals surface area (Å²) in [4.78, 5) is 12.7. The van der Waals surface area contributed by atoms with Gasteiger partial charge in [0.15, 0.2) is 0 Å². The molecule has 3 nitrogen and oxygen atoms in total. The topological polar surface area (TPSA) is 29.5 Å². The molecular weight excluding hydrogens is 185 g/mol. The lowest BCUT2D eigenvalue weighted by molar-refractivity contribution is -0.116. The van der Waals surface area contributed by atoms with E-state index in [9.17, 15) is 9.18 Å². The van der Waals surface area contributed by atoms with Crippen molar-refractivity contribution in [1.29, 1.82) is 0 Å². The Balaban J connectivity index is 2.46. The monoisotopic (exact) mass is 195 g/mol. The molecule has 4 heteroatoms. The number of amides is 1. The third-order valence-corrected chi connectivity index (χ3v) is 2.16. The van der Waals surface area contributed by atoms with Crippen LogP contribution in [0.15, 0.2) is 18.2 Å². The highest BCUT2D eigenvalue weighted by molar-refractivity contribution is 5.93. The first-order valence-electron chi connectivity index (χ1n) is 4.39. The predicted molar refractivity (Wildman–Crippen MR) is 49.9 cm³/mol. The summed E-state index contributed by atoms with van der Waals surface area (Å²) in [5, 5.41) is 0. The van der Waals surface area contributed by atoms with Gasteiger partial charge in [0.1, 0.15) is 18.2 Å². The highest BCUT2D eigenvalue weighted by Crippen LogP contribution is 2.31. The quantitative estimate of drug-likeness (QED) is 0.628. The number of carbonyl (C=O) groups is 1. The van der Waals surface area contributed by atoms with Crippen molar-refractivity contribution in [3.8, 4) is 5.75 Å². The van der Waals surface area contributed by atoms with Crippen molar-refractivity contribution in [2.45, 2.75) is 6.92 Å². The standard InChI is InChI=1S/C10H10FNO2/c1-7(13)12-4-5-14-10-3-2-8(11)6-9(10)12/h2-3,6H,4-5H2,1H3. The largest absolute Gasteiger partial charge is 0.490 e. The number of fused-ring (bicyclic) bond motifs is 1. The fraction of sp³-hybridized carbons (Fsp3) is 0.300. The first kappa shape index (κ1) is 8.99. The Kier molecular flexibility index (Phi) is 2.11. The van der Waals surface area contributed by atoms with Gasteiger partial charge in [-0.05, 0) is 12.1 Å². The van der Waals surface area contributed by atoms with Crippen molar-refractivity contribution in [3.63, 3.8) is 0 Å². The van der Waals surface area contributed by atoms with Crippen LogP contribution in [0.1, 0.15) is 6.92 Å². The Morgan fingerprint density at radius 1 is 1.57 bits per heavy atom. The van der Waals surface area contributed by atoms with Gasteiger partial charge in [-0.3, -0.25) is 4.79 Å².